The summed E-state index contributed by atoms with van der Waals surface area (Å²) in [6.45, 7) is 0. The van der Waals surface area contributed by atoms with Crippen molar-refractivity contribution in [3.05, 3.63) is 89.4 Å². The molecule has 0 saturated carbocycles. The molecule has 0 amide bonds. The Balaban J connectivity index is 1.90. The Labute approximate surface area is 190 Å². The van der Waals surface area contributed by atoms with Crippen molar-refractivity contribution in [1.29, 1.82) is 5.26 Å². The summed E-state index contributed by atoms with van der Waals surface area (Å²) < 4.78 is 39.9. The fourth-order valence-electron chi connectivity index (χ4n) is 3.32. The van der Waals surface area contributed by atoms with Crippen LogP contribution in [0.4, 0.5) is 5.88 Å². The number of benzene rings is 3. The molecule has 0 aliphatic rings. The Bertz CT molecular complexity index is 1410. The molecule has 1 N–H and O–H groups in total. The van der Waals surface area contributed by atoms with Gasteiger partial charge in [0.25, 0.3) is 10.0 Å². The quantitative estimate of drug-likeness (QED) is 0.380. The van der Waals surface area contributed by atoms with Gasteiger partial charge in [0.15, 0.2) is 0 Å². The van der Waals surface area contributed by atoms with E-state index in [0.29, 0.717) is 16.9 Å². The lowest BCUT2D eigenvalue weighted by Crippen LogP contribution is -2.14. The number of hydrogen-bond acceptors (Lipinski definition) is 5. The number of rotatable bonds is 6. The normalized spacial score (nSPS) is 11.0. The van der Waals surface area contributed by atoms with E-state index in [1.165, 1.54) is 25.3 Å². The van der Waals surface area contributed by atoms with Crippen LogP contribution in [0.2, 0.25) is 5.02 Å². The van der Waals surface area contributed by atoms with Gasteiger partial charge < -0.3 is 9.15 Å². The molecule has 1 aromatic heterocycles. The van der Waals surface area contributed by atoms with Crippen LogP contribution >= 0.6 is 11.6 Å². The van der Waals surface area contributed by atoms with Gasteiger partial charge in [-0.25, -0.2) is 13.1 Å². The maximum absolute atomic E-state index is 13.2. The van der Waals surface area contributed by atoms with E-state index >= 15 is 0 Å². The minimum atomic E-state index is -4.18. The zero-order chi connectivity index (χ0) is 22.7. The van der Waals surface area contributed by atoms with Crippen molar-refractivity contribution < 1.29 is 17.6 Å². The van der Waals surface area contributed by atoms with Crippen LogP contribution in [0.15, 0.2) is 88.2 Å². The maximum atomic E-state index is 13.2. The van der Waals surface area contributed by atoms with Crippen molar-refractivity contribution in [2.75, 3.05) is 11.8 Å². The second-order valence-corrected chi connectivity index (χ2v) is 8.84. The van der Waals surface area contributed by atoms with E-state index in [2.05, 4.69) is 10.8 Å². The molecule has 0 aliphatic carbocycles. The van der Waals surface area contributed by atoms with E-state index in [1.54, 1.807) is 0 Å². The Morgan fingerprint density at radius 3 is 2.19 bits per heavy atom. The Morgan fingerprint density at radius 1 is 0.969 bits per heavy atom. The average molecular weight is 465 g/mol. The van der Waals surface area contributed by atoms with Crippen LogP contribution in [0.3, 0.4) is 0 Å². The summed E-state index contributed by atoms with van der Waals surface area (Å²) in [7, 11) is -2.83. The molecule has 1 heterocycles. The van der Waals surface area contributed by atoms with Crippen molar-refractivity contribution in [1.82, 2.24) is 0 Å². The van der Waals surface area contributed by atoms with Crippen LogP contribution in [0, 0.1) is 11.3 Å². The molecule has 0 spiro atoms. The van der Waals surface area contributed by atoms with Gasteiger partial charge in [-0.15, -0.1) is 0 Å². The van der Waals surface area contributed by atoms with Gasteiger partial charge in [-0.1, -0.05) is 72.3 Å². The summed E-state index contributed by atoms with van der Waals surface area (Å²) in [5, 5.41) is 10.2. The zero-order valence-electron chi connectivity index (χ0n) is 16.9. The Hall–Kier alpha value is -3.73. The van der Waals surface area contributed by atoms with Crippen LogP contribution in [0.25, 0.3) is 22.5 Å². The lowest BCUT2D eigenvalue weighted by atomic mass is 9.98. The molecule has 4 rings (SSSR count). The molecule has 0 bridgehead atoms. The van der Waals surface area contributed by atoms with E-state index < -0.39 is 10.0 Å². The summed E-state index contributed by atoms with van der Waals surface area (Å²) in [5.74, 6) is 0.301. The molecule has 32 heavy (non-hydrogen) atoms. The number of nitrogens with one attached hydrogen (secondary N) is 1. The van der Waals surface area contributed by atoms with Gasteiger partial charge in [0, 0.05) is 16.1 Å². The smallest absolute Gasteiger partial charge is 0.267 e. The number of anilines is 1. The fraction of sp³-hybridized carbons (Fsp3) is 0.0417. The van der Waals surface area contributed by atoms with Gasteiger partial charge in [0.1, 0.15) is 28.0 Å². The molecule has 0 fully saturated rings. The zero-order valence-corrected chi connectivity index (χ0v) is 18.4. The molecular formula is C24H17ClN2O4S. The van der Waals surface area contributed by atoms with Crippen LogP contribution in [0.5, 0.6) is 5.75 Å². The molecule has 4 aromatic rings. The minimum Gasteiger partial charge on any atom is -0.495 e. The third-order valence-electron chi connectivity index (χ3n) is 4.76. The summed E-state index contributed by atoms with van der Waals surface area (Å²) >= 11 is 6.01. The van der Waals surface area contributed by atoms with Crippen molar-refractivity contribution in [3.8, 4) is 34.3 Å². The van der Waals surface area contributed by atoms with E-state index in [0.717, 1.165) is 5.56 Å². The van der Waals surface area contributed by atoms with Crippen molar-refractivity contribution in [2.45, 2.75) is 4.90 Å². The molecular weight excluding hydrogens is 448 g/mol. The molecule has 0 saturated heterocycles. The minimum absolute atomic E-state index is 0.0691. The number of halogens is 1. The molecule has 8 heteroatoms. The molecule has 3 aromatic carbocycles. The van der Waals surface area contributed by atoms with Crippen molar-refractivity contribution in [2.24, 2.45) is 0 Å². The highest BCUT2D eigenvalue weighted by molar-refractivity contribution is 7.92. The summed E-state index contributed by atoms with van der Waals surface area (Å²) in [6, 6.07) is 24.7. The first-order valence-corrected chi connectivity index (χ1v) is 11.3. The Kier molecular flexibility index (Phi) is 5.91. The Morgan fingerprint density at radius 2 is 1.59 bits per heavy atom. The molecule has 0 unspecified atom stereocenters. The fourth-order valence-corrected chi connectivity index (χ4v) is 4.75. The topological polar surface area (TPSA) is 92.3 Å². The van der Waals surface area contributed by atoms with Gasteiger partial charge >= 0.3 is 0 Å². The van der Waals surface area contributed by atoms with Gasteiger partial charge in [-0.05, 0) is 23.8 Å². The number of ether oxygens (including phenoxy) is 1. The first-order chi connectivity index (χ1) is 15.4. The number of nitrogens with zero attached hydrogens (tertiary/aromatic N) is 1. The van der Waals surface area contributed by atoms with E-state index in [9.17, 15) is 13.7 Å². The van der Waals surface area contributed by atoms with Crippen molar-refractivity contribution >= 4 is 27.5 Å². The maximum Gasteiger partial charge on any atom is 0.267 e. The summed E-state index contributed by atoms with van der Waals surface area (Å²) in [5.41, 5.74) is 1.99. The lowest BCUT2D eigenvalue weighted by Gasteiger charge is -2.10. The first kappa shape index (κ1) is 21.5. The van der Waals surface area contributed by atoms with Gasteiger partial charge in [-0.2, -0.15) is 5.26 Å². The van der Waals surface area contributed by atoms with E-state index in [-0.39, 0.29) is 27.1 Å². The predicted molar refractivity (Wildman–Crippen MR) is 123 cm³/mol. The van der Waals surface area contributed by atoms with Crippen LogP contribution in [0.1, 0.15) is 5.56 Å². The average Bonchev–Trinajstić information content (AvgIpc) is 3.17. The molecule has 0 atom stereocenters. The SMILES string of the molecule is COc1ccc(Cl)cc1S(=O)(=O)Nc1oc(-c2ccccc2)c(-c2ccccc2)c1C#N. The molecule has 160 valence electrons. The summed E-state index contributed by atoms with van der Waals surface area (Å²) in [4.78, 5) is -0.171. The van der Waals surface area contributed by atoms with Gasteiger partial charge in [0.2, 0.25) is 5.88 Å². The van der Waals surface area contributed by atoms with Gasteiger partial charge in [0.05, 0.1) is 7.11 Å². The highest BCUT2D eigenvalue weighted by Gasteiger charge is 2.28. The standard InChI is InChI=1S/C24H17ClN2O4S/c1-30-20-13-12-18(25)14-21(20)32(28,29)27-24-19(15-26)22(16-8-4-2-5-9-16)23(31-24)17-10-6-3-7-11-17/h2-14,27H,1H3. The highest BCUT2D eigenvalue weighted by atomic mass is 35.5. The first-order valence-electron chi connectivity index (χ1n) is 9.48. The van der Waals surface area contributed by atoms with Gasteiger partial charge in [-0.3, -0.25) is 0 Å². The largest absolute Gasteiger partial charge is 0.495 e. The third-order valence-corrected chi connectivity index (χ3v) is 6.35. The van der Waals surface area contributed by atoms with Crippen LogP contribution in [-0.2, 0) is 10.0 Å². The molecule has 0 aliphatic heterocycles. The second kappa shape index (κ2) is 8.79. The third kappa shape index (κ3) is 4.06. The lowest BCUT2D eigenvalue weighted by molar-refractivity contribution is 0.403. The van der Waals surface area contributed by atoms with Crippen LogP contribution in [-0.4, -0.2) is 15.5 Å². The number of methoxy groups -OCH3 is 1. The number of furan rings is 1. The van der Waals surface area contributed by atoms with Crippen molar-refractivity contribution in [3.63, 3.8) is 0 Å². The monoisotopic (exact) mass is 464 g/mol. The number of hydrogen-bond donors (Lipinski definition) is 1. The molecule has 6 nitrogen and oxygen atoms in total. The van der Waals surface area contributed by atoms with Crippen LogP contribution < -0.4 is 9.46 Å². The summed E-state index contributed by atoms with van der Waals surface area (Å²) in [6.07, 6.45) is 0. The highest BCUT2D eigenvalue weighted by Crippen LogP contribution is 2.42. The number of nitriles is 1. The second-order valence-electron chi connectivity index (χ2n) is 6.75. The molecule has 0 radical (unpaired) electrons. The number of sulfonamides is 1. The van der Waals surface area contributed by atoms with E-state index in [1.807, 2.05) is 60.7 Å². The predicted octanol–water partition coefficient (Wildman–Crippen LogP) is 5.95. The van der Waals surface area contributed by atoms with E-state index in [4.69, 9.17) is 20.8 Å².